The Hall–Kier alpha value is -2.83. The van der Waals surface area contributed by atoms with Gasteiger partial charge in [-0.15, -0.1) is 0 Å². The van der Waals surface area contributed by atoms with E-state index < -0.39 is 0 Å². The second-order valence-corrected chi connectivity index (χ2v) is 8.43. The van der Waals surface area contributed by atoms with Crippen LogP contribution in [-0.2, 0) is 5.41 Å². The zero-order valence-corrected chi connectivity index (χ0v) is 16.8. The minimum absolute atomic E-state index is 0.0203. The van der Waals surface area contributed by atoms with E-state index in [4.69, 9.17) is 11.6 Å². The maximum atomic E-state index is 6.22. The topological polar surface area (TPSA) is 0 Å². The Labute approximate surface area is 171 Å². The molecule has 0 nitrogen and oxygen atoms in total. The number of hydrogen-bond acceptors (Lipinski definition) is 0. The van der Waals surface area contributed by atoms with Crippen LogP contribution < -0.4 is 0 Å². The van der Waals surface area contributed by atoms with Crippen molar-refractivity contribution >= 4 is 11.6 Å². The van der Waals surface area contributed by atoms with Crippen LogP contribution in [0.1, 0.15) is 25.0 Å². The molecule has 0 aromatic heterocycles. The standard InChI is InChI=1S/C27H21Cl/c1-27(2)24-14-4-3-12-23(24)26-22(13-7-15-25(26)27)20-10-5-8-18(16-20)19-9-6-11-21(28)17-19/h3-17H,1-2H3. The fourth-order valence-electron chi connectivity index (χ4n) is 4.53. The summed E-state index contributed by atoms with van der Waals surface area (Å²) in [6.45, 7) is 4.65. The molecule has 1 heteroatoms. The Kier molecular flexibility index (Phi) is 3.92. The van der Waals surface area contributed by atoms with Crippen molar-refractivity contribution in [1.82, 2.24) is 0 Å². The van der Waals surface area contributed by atoms with E-state index >= 15 is 0 Å². The summed E-state index contributed by atoms with van der Waals surface area (Å²) in [5.41, 5.74) is 10.4. The first kappa shape index (κ1) is 17.3. The lowest BCUT2D eigenvalue weighted by Gasteiger charge is -2.21. The maximum Gasteiger partial charge on any atom is 0.0412 e. The summed E-state index contributed by atoms with van der Waals surface area (Å²) in [6, 6.07) is 32.3. The molecular formula is C27H21Cl. The summed E-state index contributed by atoms with van der Waals surface area (Å²) in [6.07, 6.45) is 0. The van der Waals surface area contributed by atoms with Crippen LogP contribution in [-0.4, -0.2) is 0 Å². The van der Waals surface area contributed by atoms with E-state index in [0.29, 0.717) is 0 Å². The van der Waals surface area contributed by atoms with Crippen LogP contribution in [0.5, 0.6) is 0 Å². The van der Waals surface area contributed by atoms with E-state index in [2.05, 4.69) is 86.6 Å². The van der Waals surface area contributed by atoms with Gasteiger partial charge in [0, 0.05) is 10.4 Å². The minimum atomic E-state index is 0.0203. The van der Waals surface area contributed by atoms with Crippen molar-refractivity contribution in [2.45, 2.75) is 19.3 Å². The van der Waals surface area contributed by atoms with Crippen molar-refractivity contribution in [3.63, 3.8) is 0 Å². The van der Waals surface area contributed by atoms with Gasteiger partial charge in [0.25, 0.3) is 0 Å². The van der Waals surface area contributed by atoms with Crippen LogP contribution >= 0.6 is 11.6 Å². The molecule has 0 amide bonds. The molecule has 136 valence electrons. The van der Waals surface area contributed by atoms with Gasteiger partial charge < -0.3 is 0 Å². The normalized spacial score (nSPS) is 13.8. The second-order valence-electron chi connectivity index (χ2n) is 7.99. The predicted octanol–water partition coefficient (Wildman–Crippen LogP) is 7.98. The molecule has 0 radical (unpaired) electrons. The van der Waals surface area contributed by atoms with Crippen molar-refractivity contribution < 1.29 is 0 Å². The predicted molar refractivity (Wildman–Crippen MR) is 120 cm³/mol. The number of benzene rings is 4. The molecule has 0 atom stereocenters. The Bertz CT molecular complexity index is 1200. The van der Waals surface area contributed by atoms with Gasteiger partial charge >= 0.3 is 0 Å². The molecule has 5 rings (SSSR count). The smallest absolute Gasteiger partial charge is 0.0412 e. The summed E-state index contributed by atoms with van der Waals surface area (Å²) in [4.78, 5) is 0. The Morgan fingerprint density at radius 2 is 1.18 bits per heavy atom. The van der Waals surface area contributed by atoms with E-state index in [-0.39, 0.29) is 5.41 Å². The van der Waals surface area contributed by atoms with Crippen LogP contribution in [0, 0.1) is 0 Å². The number of fused-ring (bicyclic) bond motifs is 3. The van der Waals surface area contributed by atoms with E-state index in [1.165, 1.54) is 38.9 Å². The number of hydrogen-bond donors (Lipinski definition) is 0. The Balaban J connectivity index is 1.72. The third-order valence-electron chi connectivity index (χ3n) is 5.94. The zero-order valence-electron chi connectivity index (χ0n) is 16.0. The van der Waals surface area contributed by atoms with Crippen LogP contribution in [0.2, 0.25) is 5.02 Å². The first-order valence-corrected chi connectivity index (χ1v) is 10.0. The maximum absolute atomic E-state index is 6.22. The van der Waals surface area contributed by atoms with Crippen LogP contribution in [0.15, 0.2) is 91.0 Å². The van der Waals surface area contributed by atoms with Gasteiger partial charge in [-0.25, -0.2) is 0 Å². The largest absolute Gasteiger partial charge is 0.0843 e. The molecule has 0 heterocycles. The second kappa shape index (κ2) is 6.36. The molecule has 0 fully saturated rings. The average Bonchev–Trinajstić information content (AvgIpc) is 2.96. The van der Waals surface area contributed by atoms with E-state index in [1.54, 1.807) is 0 Å². The first-order chi connectivity index (χ1) is 13.6. The van der Waals surface area contributed by atoms with Crippen molar-refractivity contribution in [3.05, 3.63) is 107 Å². The Morgan fingerprint density at radius 1 is 0.571 bits per heavy atom. The summed E-state index contributed by atoms with van der Waals surface area (Å²) < 4.78 is 0. The van der Waals surface area contributed by atoms with Gasteiger partial charge in [-0.3, -0.25) is 0 Å². The fourth-order valence-corrected chi connectivity index (χ4v) is 4.72. The van der Waals surface area contributed by atoms with Crippen LogP contribution in [0.4, 0.5) is 0 Å². The quantitative estimate of drug-likeness (QED) is 0.330. The van der Waals surface area contributed by atoms with Gasteiger partial charge in [0.15, 0.2) is 0 Å². The van der Waals surface area contributed by atoms with Crippen molar-refractivity contribution in [1.29, 1.82) is 0 Å². The summed E-state index contributed by atoms with van der Waals surface area (Å²) in [5, 5.41) is 0.763. The molecule has 0 bridgehead atoms. The molecule has 4 aromatic rings. The molecular weight excluding hydrogens is 360 g/mol. The van der Waals surface area contributed by atoms with Gasteiger partial charge in [-0.05, 0) is 62.7 Å². The zero-order chi connectivity index (χ0) is 19.3. The van der Waals surface area contributed by atoms with Gasteiger partial charge in [0.05, 0.1) is 0 Å². The highest BCUT2D eigenvalue weighted by Gasteiger charge is 2.36. The van der Waals surface area contributed by atoms with E-state index in [9.17, 15) is 0 Å². The molecule has 28 heavy (non-hydrogen) atoms. The third-order valence-corrected chi connectivity index (χ3v) is 6.17. The monoisotopic (exact) mass is 380 g/mol. The van der Waals surface area contributed by atoms with Crippen molar-refractivity contribution in [2.75, 3.05) is 0 Å². The molecule has 0 unspecified atom stereocenters. The fraction of sp³-hybridized carbons (Fsp3) is 0.111. The summed E-state index contributed by atoms with van der Waals surface area (Å²) in [7, 11) is 0. The third kappa shape index (κ3) is 2.60. The van der Waals surface area contributed by atoms with Gasteiger partial charge in [0.1, 0.15) is 0 Å². The molecule has 0 aliphatic heterocycles. The lowest BCUT2D eigenvalue weighted by molar-refractivity contribution is 0.660. The van der Waals surface area contributed by atoms with Crippen LogP contribution in [0.3, 0.4) is 0 Å². The van der Waals surface area contributed by atoms with Crippen molar-refractivity contribution in [3.8, 4) is 33.4 Å². The molecule has 0 saturated heterocycles. The molecule has 0 saturated carbocycles. The lowest BCUT2D eigenvalue weighted by Crippen LogP contribution is -2.14. The average molecular weight is 381 g/mol. The van der Waals surface area contributed by atoms with Gasteiger partial charge in [-0.2, -0.15) is 0 Å². The SMILES string of the molecule is CC1(C)c2ccccc2-c2c(-c3cccc(-c4cccc(Cl)c4)c3)cccc21. The lowest BCUT2D eigenvalue weighted by atomic mass is 9.82. The van der Waals surface area contributed by atoms with Gasteiger partial charge in [0.2, 0.25) is 0 Å². The molecule has 4 aromatic carbocycles. The van der Waals surface area contributed by atoms with Crippen molar-refractivity contribution in [2.24, 2.45) is 0 Å². The highest BCUT2D eigenvalue weighted by Crippen LogP contribution is 2.52. The molecule has 1 aliphatic rings. The van der Waals surface area contributed by atoms with Gasteiger partial charge in [-0.1, -0.05) is 98.2 Å². The van der Waals surface area contributed by atoms with E-state index in [0.717, 1.165) is 10.6 Å². The highest BCUT2D eigenvalue weighted by atomic mass is 35.5. The minimum Gasteiger partial charge on any atom is -0.0843 e. The molecule has 1 aliphatic carbocycles. The summed E-state index contributed by atoms with van der Waals surface area (Å²) in [5.74, 6) is 0. The number of halogens is 1. The Morgan fingerprint density at radius 3 is 2.00 bits per heavy atom. The highest BCUT2D eigenvalue weighted by molar-refractivity contribution is 6.30. The van der Waals surface area contributed by atoms with Crippen LogP contribution in [0.25, 0.3) is 33.4 Å². The van der Waals surface area contributed by atoms with E-state index in [1.807, 2.05) is 18.2 Å². The molecule has 0 spiro atoms. The summed E-state index contributed by atoms with van der Waals surface area (Å²) >= 11 is 6.22. The number of rotatable bonds is 2. The molecule has 0 N–H and O–H groups in total. The first-order valence-electron chi connectivity index (χ1n) is 9.65.